The van der Waals surface area contributed by atoms with Gasteiger partial charge in [-0.15, -0.1) is 0 Å². The summed E-state index contributed by atoms with van der Waals surface area (Å²) in [5.74, 6) is -12.5. The number of amides is 1. The fourth-order valence-corrected chi connectivity index (χ4v) is 8.25. The SMILES string of the molecule is CC(=O)OC[C@H]1O[C@H](OCC(C(=O)O)C(=O)OCC2c3ccccc3-c3ccccc32)[C@@H](N(C(C)=O)[C@@H]2[C@@H](OC(C)=O)[C@H](OC(C)=O)[C@@H](COC(C)=O)O[C@H]2[O-])[C@@H](OC(C)=O)[C@@H]1OC(C)=O. The molecule has 1 amide bonds. The van der Waals surface area contributed by atoms with Gasteiger partial charge in [-0.05, 0) is 22.3 Å². The lowest BCUT2D eigenvalue weighted by Gasteiger charge is -2.56. The molecule has 5 rings (SSSR count). The minimum Gasteiger partial charge on any atom is -0.829 e. The van der Waals surface area contributed by atoms with Crippen molar-refractivity contribution in [3.63, 3.8) is 0 Å². The Labute approximate surface area is 377 Å². The van der Waals surface area contributed by atoms with Gasteiger partial charge in [-0.1, -0.05) is 48.5 Å². The number of carbonyl (C=O) groups excluding carboxylic acids is 8. The molecule has 2 aromatic carbocycles. The maximum Gasteiger partial charge on any atom is 0.322 e. The number of fused-ring (bicyclic) bond motifs is 3. The number of hydrogen-bond acceptors (Lipinski definition) is 20. The van der Waals surface area contributed by atoms with Crippen LogP contribution in [0.1, 0.15) is 65.5 Å². The molecule has 0 saturated carbocycles. The van der Waals surface area contributed by atoms with Crippen LogP contribution in [0.3, 0.4) is 0 Å². The van der Waals surface area contributed by atoms with Crippen molar-refractivity contribution in [2.24, 2.45) is 5.92 Å². The molecule has 22 heteroatoms. The minimum atomic E-state index is -2.48. The van der Waals surface area contributed by atoms with Crippen LogP contribution in [0, 0.1) is 5.92 Å². The molecule has 1 aliphatic carbocycles. The third kappa shape index (κ3) is 12.0. The summed E-state index contributed by atoms with van der Waals surface area (Å²) in [4.78, 5) is 116. The number of esters is 7. The normalized spacial score (nSPS) is 25.9. The summed E-state index contributed by atoms with van der Waals surface area (Å²) in [6.07, 6.45) is -15.3. The Balaban J connectivity index is 1.58. The van der Waals surface area contributed by atoms with Gasteiger partial charge in [0, 0.05) is 60.7 Å². The molecule has 0 aromatic heterocycles. The van der Waals surface area contributed by atoms with Crippen LogP contribution in [0.15, 0.2) is 48.5 Å². The van der Waals surface area contributed by atoms with Crippen molar-refractivity contribution in [1.29, 1.82) is 0 Å². The van der Waals surface area contributed by atoms with E-state index < -0.39 is 147 Å². The second-order valence-corrected chi connectivity index (χ2v) is 15.5. The van der Waals surface area contributed by atoms with Crippen LogP contribution in [0.5, 0.6) is 0 Å². The van der Waals surface area contributed by atoms with Crippen LogP contribution in [0.4, 0.5) is 0 Å². The summed E-state index contributed by atoms with van der Waals surface area (Å²) in [6, 6.07) is 10.7. The van der Waals surface area contributed by atoms with Gasteiger partial charge in [-0.25, -0.2) is 0 Å². The van der Waals surface area contributed by atoms with E-state index in [-0.39, 0.29) is 6.61 Å². The first kappa shape index (κ1) is 50.5. The highest BCUT2D eigenvalue weighted by molar-refractivity contribution is 5.94. The van der Waals surface area contributed by atoms with Crippen molar-refractivity contribution in [3.8, 4) is 11.1 Å². The molecule has 11 atom stereocenters. The summed E-state index contributed by atoms with van der Waals surface area (Å²) >= 11 is 0. The van der Waals surface area contributed by atoms with Crippen LogP contribution < -0.4 is 5.11 Å². The molecule has 1 unspecified atom stereocenters. The van der Waals surface area contributed by atoms with Crippen molar-refractivity contribution >= 4 is 53.7 Å². The van der Waals surface area contributed by atoms with Crippen molar-refractivity contribution < 1.29 is 101 Å². The highest BCUT2D eigenvalue weighted by Crippen LogP contribution is 2.45. The zero-order valence-electron chi connectivity index (χ0n) is 36.9. The van der Waals surface area contributed by atoms with E-state index in [4.69, 9.17) is 47.4 Å². The Morgan fingerprint density at radius 3 is 1.47 bits per heavy atom. The Morgan fingerprint density at radius 2 is 1.03 bits per heavy atom. The number of carbonyl (C=O) groups is 9. The summed E-state index contributed by atoms with van der Waals surface area (Å²) in [5, 5.41) is 24.7. The van der Waals surface area contributed by atoms with E-state index in [2.05, 4.69) is 0 Å². The number of aliphatic carboxylic acids is 1. The molecule has 0 spiro atoms. The third-order valence-electron chi connectivity index (χ3n) is 10.7. The van der Waals surface area contributed by atoms with E-state index in [0.29, 0.717) is 4.90 Å². The van der Waals surface area contributed by atoms with Gasteiger partial charge in [-0.2, -0.15) is 0 Å². The summed E-state index contributed by atoms with van der Waals surface area (Å²) in [7, 11) is 0. The Kier molecular flexibility index (Phi) is 16.9. The summed E-state index contributed by atoms with van der Waals surface area (Å²) < 4.78 is 55.8. The number of carboxylic acid groups (broad SMARTS) is 1. The smallest absolute Gasteiger partial charge is 0.322 e. The van der Waals surface area contributed by atoms with E-state index in [0.717, 1.165) is 70.7 Å². The number of carboxylic acids is 1. The van der Waals surface area contributed by atoms with E-state index >= 15 is 0 Å². The zero-order valence-corrected chi connectivity index (χ0v) is 36.9. The zero-order chi connectivity index (χ0) is 48.6. The van der Waals surface area contributed by atoms with Crippen LogP contribution in [0.25, 0.3) is 11.1 Å². The first-order valence-electron chi connectivity index (χ1n) is 20.6. The Morgan fingerprint density at radius 1 is 0.591 bits per heavy atom. The van der Waals surface area contributed by atoms with E-state index in [1.54, 1.807) is 0 Å². The van der Waals surface area contributed by atoms with Crippen LogP contribution in [-0.4, -0.2) is 151 Å². The molecule has 2 aliphatic heterocycles. The largest absolute Gasteiger partial charge is 0.829 e. The molecule has 3 aliphatic rings. The molecule has 1 N–H and O–H groups in total. The average Bonchev–Trinajstić information content (AvgIpc) is 3.54. The van der Waals surface area contributed by atoms with Gasteiger partial charge in [0.25, 0.3) is 0 Å². The second-order valence-electron chi connectivity index (χ2n) is 15.5. The van der Waals surface area contributed by atoms with Crippen molar-refractivity contribution in [3.05, 3.63) is 59.7 Å². The van der Waals surface area contributed by atoms with Crippen LogP contribution in [0.2, 0.25) is 0 Å². The number of ether oxygens (including phenoxy) is 10. The monoisotopic (exact) mass is 928 g/mol. The lowest BCUT2D eigenvalue weighted by Crippen LogP contribution is -2.76. The summed E-state index contributed by atoms with van der Waals surface area (Å²) in [5.41, 5.74) is 3.47. The van der Waals surface area contributed by atoms with E-state index in [1.807, 2.05) is 48.5 Å². The van der Waals surface area contributed by atoms with Gasteiger partial charge in [0.15, 0.2) is 36.6 Å². The first-order chi connectivity index (χ1) is 31.2. The predicted molar refractivity (Wildman–Crippen MR) is 215 cm³/mol. The van der Waals surface area contributed by atoms with E-state index in [9.17, 15) is 53.4 Å². The van der Waals surface area contributed by atoms with Gasteiger partial charge < -0.3 is 62.5 Å². The maximum atomic E-state index is 14.3. The Bertz CT molecular complexity index is 2130. The summed E-state index contributed by atoms with van der Waals surface area (Å²) in [6.45, 7) is 3.97. The number of hydrogen-bond donors (Lipinski definition) is 1. The first-order valence-corrected chi connectivity index (χ1v) is 20.6. The van der Waals surface area contributed by atoms with E-state index in [1.165, 1.54) is 0 Å². The van der Waals surface area contributed by atoms with Crippen molar-refractivity contribution in [2.45, 2.75) is 116 Å². The van der Waals surface area contributed by atoms with Crippen LogP contribution in [-0.2, 0) is 90.5 Å². The molecule has 22 nitrogen and oxygen atoms in total. The molecular weight excluding hydrogens is 878 g/mol. The standard InChI is InChI=1S/C44H50NO21/c1-20(46)45(35-39(63-25(6)51)37(61-23(4)49)33(65-43(35)56)18-57-21(2)47)36-40(64-26(7)52)38(62-24(5)50)34(19-58-22(3)48)66-44(36)60-17-32(41(53)54)42(55)59-16-31-29-14-10-8-12-27(29)28-13-9-11-15-30(28)31/h8-15,31-40,43-44H,16-19H2,1-7H3,(H,53,54)/q-1/t32?,33-,34-,35-,36+,37-,38-,39-,40-,43-,44+/m1/s1. The average molecular weight is 929 g/mol. The molecular formula is C44H50NO21-. The van der Waals surface area contributed by atoms with Gasteiger partial charge in [-0.3, -0.25) is 43.2 Å². The number of nitrogens with zero attached hydrogens (tertiary/aromatic N) is 1. The highest BCUT2D eigenvalue weighted by atomic mass is 16.7. The fourth-order valence-electron chi connectivity index (χ4n) is 8.25. The topological polar surface area (TPSA) is 292 Å². The predicted octanol–water partition coefficient (Wildman–Crippen LogP) is 0.308. The minimum absolute atomic E-state index is 0.285. The number of benzene rings is 2. The molecule has 0 radical (unpaired) electrons. The molecule has 0 bridgehead atoms. The third-order valence-corrected chi connectivity index (χ3v) is 10.7. The molecule has 2 saturated heterocycles. The molecule has 66 heavy (non-hydrogen) atoms. The lowest BCUT2D eigenvalue weighted by atomic mass is 9.89. The molecule has 2 fully saturated rings. The molecule has 2 heterocycles. The van der Waals surface area contributed by atoms with Gasteiger partial charge in [0.1, 0.15) is 38.1 Å². The molecule has 2 aromatic rings. The lowest BCUT2D eigenvalue weighted by molar-refractivity contribution is -0.526. The molecule has 358 valence electrons. The van der Waals surface area contributed by atoms with Gasteiger partial charge >= 0.3 is 47.8 Å². The van der Waals surface area contributed by atoms with Crippen molar-refractivity contribution in [2.75, 3.05) is 26.4 Å². The Hall–Kier alpha value is -6.49. The highest BCUT2D eigenvalue weighted by Gasteiger charge is 2.59. The van der Waals surface area contributed by atoms with Crippen LogP contribution >= 0.6 is 0 Å². The van der Waals surface area contributed by atoms with Gasteiger partial charge in [0.2, 0.25) is 5.91 Å². The van der Waals surface area contributed by atoms with Gasteiger partial charge in [0.05, 0.1) is 12.6 Å². The quantitative estimate of drug-likeness (QED) is 0.127. The fraction of sp³-hybridized carbons (Fsp3) is 0.523. The number of rotatable bonds is 17. The maximum absolute atomic E-state index is 14.3. The van der Waals surface area contributed by atoms with Crippen molar-refractivity contribution in [1.82, 2.24) is 4.90 Å². The second kappa shape index (κ2) is 22.1.